The fourth-order valence-corrected chi connectivity index (χ4v) is 16.3. The summed E-state index contributed by atoms with van der Waals surface area (Å²) in [6, 6.07) is 0. The molecule has 24 atom stereocenters. The maximum Gasteiger partial charge on any atom is 0.187 e. The highest BCUT2D eigenvalue weighted by molar-refractivity contribution is 5.34. The summed E-state index contributed by atoms with van der Waals surface area (Å²) in [5.41, 5.74) is -1.30. The lowest BCUT2D eigenvalue weighted by Gasteiger charge is -2.74. The van der Waals surface area contributed by atoms with Gasteiger partial charge >= 0.3 is 0 Å². The third-order valence-corrected chi connectivity index (χ3v) is 20.1. The minimum atomic E-state index is -1.75. The molecule has 0 aromatic rings. The molecule has 4 saturated heterocycles. The van der Waals surface area contributed by atoms with Gasteiger partial charge in [0.1, 0.15) is 66.6 Å². The first-order chi connectivity index (χ1) is 29.8. The molecule has 0 radical (unpaired) electrons. The molecule has 5 aliphatic carbocycles. The Balaban J connectivity index is 0.886. The molecular weight excluding hydrogens is 833 g/mol. The Kier molecular flexibility index (Phi) is 12.0. The van der Waals surface area contributed by atoms with Crippen molar-refractivity contribution < 1.29 is 79.1 Å². The maximum absolute atomic E-state index is 12.3. The van der Waals surface area contributed by atoms with Crippen LogP contribution in [0.15, 0.2) is 12.3 Å². The van der Waals surface area contributed by atoms with Crippen LogP contribution in [-0.4, -0.2) is 163 Å². The monoisotopic (exact) mass is 911 g/mol. The van der Waals surface area contributed by atoms with Crippen molar-refractivity contribution >= 4 is 0 Å². The minimum Gasteiger partial charge on any atom is -0.491 e. The molecule has 5 saturated carbocycles. The van der Waals surface area contributed by atoms with Gasteiger partial charge in [-0.1, -0.05) is 55.0 Å². The van der Waals surface area contributed by atoms with Gasteiger partial charge in [0.05, 0.1) is 42.7 Å². The van der Waals surface area contributed by atoms with Gasteiger partial charge in [-0.2, -0.15) is 0 Å². The van der Waals surface area contributed by atoms with Gasteiger partial charge in [0.15, 0.2) is 18.9 Å². The van der Waals surface area contributed by atoms with Crippen LogP contribution in [0, 0.1) is 50.2 Å². The summed E-state index contributed by atoms with van der Waals surface area (Å²) in [7, 11) is 0. The number of aliphatic hydroxyl groups excluding tert-OH is 9. The first kappa shape index (κ1) is 48.0. The number of aliphatic hydroxyl groups is 9. The molecule has 0 aromatic carbocycles. The number of hydrogen-bond acceptors (Lipinski definition) is 16. The molecule has 64 heavy (non-hydrogen) atoms. The van der Waals surface area contributed by atoms with Gasteiger partial charge in [-0.05, 0) is 105 Å². The highest BCUT2D eigenvalue weighted by Crippen LogP contribution is 2.82. The van der Waals surface area contributed by atoms with Crippen molar-refractivity contribution in [2.24, 2.45) is 50.2 Å². The Morgan fingerprint density at radius 3 is 2.03 bits per heavy atom. The summed E-state index contributed by atoms with van der Waals surface area (Å²) in [6.45, 7) is 21.7. The van der Waals surface area contributed by atoms with E-state index < -0.39 is 98.7 Å². The first-order valence-corrected chi connectivity index (χ1v) is 24.2. The average Bonchev–Trinajstić information content (AvgIpc) is 3.44. The van der Waals surface area contributed by atoms with Gasteiger partial charge in [-0.15, -0.1) is 0 Å². The van der Waals surface area contributed by atoms with Gasteiger partial charge in [-0.3, -0.25) is 0 Å². The predicted octanol–water partition coefficient (Wildman–Crippen LogP) is 2.01. The van der Waals surface area contributed by atoms with Crippen LogP contribution in [0.5, 0.6) is 0 Å². The van der Waals surface area contributed by atoms with Crippen LogP contribution in [-0.2, 0) is 33.2 Å². The van der Waals surface area contributed by atoms with Crippen LogP contribution in [0.1, 0.15) is 120 Å². The van der Waals surface area contributed by atoms with Gasteiger partial charge in [0, 0.05) is 11.3 Å². The second-order valence-corrected chi connectivity index (χ2v) is 23.9. The minimum absolute atomic E-state index is 0.0375. The highest BCUT2D eigenvalue weighted by atomic mass is 16.8. The summed E-state index contributed by atoms with van der Waals surface area (Å²) < 4.78 is 43.3. The van der Waals surface area contributed by atoms with E-state index in [1.54, 1.807) is 0 Å². The first-order valence-electron chi connectivity index (χ1n) is 24.2. The molecule has 0 aromatic heterocycles. The number of fused-ring (bicyclic) bond motifs is 4. The van der Waals surface area contributed by atoms with Crippen molar-refractivity contribution in [1.29, 1.82) is 0 Å². The summed E-state index contributed by atoms with van der Waals surface area (Å²) in [4.78, 5) is 0. The van der Waals surface area contributed by atoms with Crippen molar-refractivity contribution in [3.63, 3.8) is 0 Å². The summed E-state index contributed by atoms with van der Waals surface area (Å²) in [5.74, 6) is 1.71. The lowest BCUT2D eigenvalue weighted by Crippen LogP contribution is -2.74. The summed E-state index contributed by atoms with van der Waals surface area (Å²) >= 11 is 0. The molecule has 4 heterocycles. The van der Waals surface area contributed by atoms with E-state index in [9.17, 15) is 46.0 Å². The zero-order valence-electron chi connectivity index (χ0n) is 39.0. The molecule has 366 valence electrons. The van der Waals surface area contributed by atoms with E-state index in [4.69, 9.17) is 33.2 Å². The smallest absolute Gasteiger partial charge is 0.187 e. The third kappa shape index (κ3) is 6.61. The standard InChI is InChI=1S/C48H78O16/c1-22-31(51)34(54)37(57)40(59-22)63-38-35(55)32(52)24(20-49)60-41(38)61-25-21-58-39(36(56)33(25)53)62-30-12-13-44(7)26(43(30,5)6)10-14-45(8)27(44)11-15-48-28-18-42(3,4)16-17-47(28,23(2)64-48)29(50)19-46(45,48)9/h22,24-41,49-57H,2,10-21H2,1,3-9H3/t22-,24-,25+,26+,27-,28-,29-,30+,31-,32-,33+,34+,35+,36-,37+,38-,39+,40-,41+,44+,45-,46+,47-,48+/m1/s1. The van der Waals surface area contributed by atoms with E-state index in [0.717, 1.165) is 57.1 Å². The second kappa shape index (κ2) is 16.0. The number of hydrogen-bond donors (Lipinski definition) is 9. The molecule has 4 aliphatic heterocycles. The van der Waals surface area contributed by atoms with Crippen molar-refractivity contribution in [2.45, 2.75) is 223 Å². The van der Waals surface area contributed by atoms with Crippen molar-refractivity contribution in [1.82, 2.24) is 0 Å². The van der Waals surface area contributed by atoms with Gasteiger partial charge in [0.25, 0.3) is 0 Å². The van der Waals surface area contributed by atoms with Crippen LogP contribution in [0.25, 0.3) is 0 Å². The van der Waals surface area contributed by atoms with Gasteiger partial charge < -0.3 is 79.1 Å². The zero-order valence-corrected chi connectivity index (χ0v) is 39.0. The molecule has 0 unspecified atom stereocenters. The third-order valence-electron chi connectivity index (χ3n) is 20.1. The largest absolute Gasteiger partial charge is 0.491 e. The fraction of sp³-hybridized carbons (Fsp3) is 0.958. The van der Waals surface area contributed by atoms with Crippen LogP contribution in [0.2, 0.25) is 0 Å². The molecule has 16 heteroatoms. The Morgan fingerprint density at radius 2 is 1.33 bits per heavy atom. The molecule has 9 fully saturated rings. The predicted molar refractivity (Wildman–Crippen MR) is 226 cm³/mol. The molecule has 1 spiro atoms. The summed E-state index contributed by atoms with van der Waals surface area (Å²) in [5, 5.41) is 98.2. The number of rotatable bonds is 7. The SMILES string of the molecule is C=C1O[C@]23CC[C@@H]4[C@@]5(C)CC[C@H](O[C@@H]6OC[C@H](O[C@@H]7O[C@H](CO)[C@@H](O)[C@H](O)[C@H]7O[C@H]7O[C@H](C)[C@@H](O)[C@H](O)[C@@H]7O)[C@H](O)[C@H]6O)C(C)(C)[C@@H]5CC[C@@]4(C)[C@]2(C)C[C@@H](O)[C@]12CCC(C)(C)C[C@H]23. The van der Waals surface area contributed by atoms with Crippen LogP contribution in [0.4, 0.5) is 0 Å². The molecular formula is C48H78O16. The molecule has 0 amide bonds. The Morgan fingerprint density at radius 1 is 0.641 bits per heavy atom. The molecule has 9 aliphatic rings. The van der Waals surface area contributed by atoms with E-state index in [2.05, 4.69) is 55.0 Å². The van der Waals surface area contributed by atoms with Crippen LogP contribution < -0.4 is 0 Å². The van der Waals surface area contributed by atoms with E-state index >= 15 is 0 Å². The van der Waals surface area contributed by atoms with Gasteiger partial charge in [0.2, 0.25) is 0 Å². The van der Waals surface area contributed by atoms with Gasteiger partial charge in [-0.25, -0.2) is 0 Å². The lowest BCUT2D eigenvalue weighted by atomic mass is 9.30. The Hall–Kier alpha value is -1.06. The molecule has 16 nitrogen and oxygen atoms in total. The highest BCUT2D eigenvalue weighted by Gasteiger charge is 2.81. The van der Waals surface area contributed by atoms with Crippen LogP contribution >= 0.6 is 0 Å². The maximum atomic E-state index is 12.3. The topological polar surface area (TPSA) is 247 Å². The van der Waals surface area contributed by atoms with E-state index in [-0.39, 0.29) is 62.6 Å². The van der Waals surface area contributed by atoms with Crippen LogP contribution in [0.3, 0.4) is 0 Å². The quantitative estimate of drug-likeness (QED) is 0.166. The second-order valence-electron chi connectivity index (χ2n) is 23.9. The zero-order chi connectivity index (χ0) is 46.5. The van der Waals surface area contributed by atoms with E-state index in [1.807, 2.05) is 0 Å². The number of ether oxygens (including phenoxy) is 7. The fourth-order valence-electron chi connectivity index (χ4n) is 16.3. The normalized spacial score (nSPS) is 57.7. The van der Waals surface area contributed by atoms with Crippen molar-refractivity contribution in [2.75, 3.05) is 13.2 Å². The molecule has 9 rings (SSSR count). The van der Waals surface area contributed by atoms with E-state index in [1.165, 1.54) is 6.92 Å². The van der Waals surface area contributed by atoms with E-state index in [0.29, 0.717) is 18.8 Å². The summed E-state index contributed by atoms with van der Waals surface area (Å²) in [6.07, 6.45) is -12.4. The average molecular weight is 911 g/mol. The molecule has 2 bridgehead atoms. The van der Waals surface area contributed by atoms with Crippen molar-refractivity contribution in [3.05, 3.63) is 12.3 Å². The molecule has 9 N–H and O–H groups in total. The van der Waals surface area contributed by atoms with Crippen molar-refractivity contribution in [3.8, 4) is 0 Å². The Labute approximate surface area is 377 Å². The lowest BCUT2D eigenvalue weighted by molar-refractivity contribution is -0.382. The Bertz CT molecular complexity index is 1760.